The molecule has 0 aromatic carbocycles. The number of rotatable bonds is 2. The molecule has 1 aliphatic rings. The van der Waals surface area contributed by atoms with Crippen molar-refractivity contribution in [1.29, 1.82) is 0 Å². The Hall–Kier alpha value is -0.760. The van der Waals surface area contributed by atoms with E-state index in [0.29, 0.717) is 6.04 Å². The van der Waals surface area contributed by atoms with Gasteiger partial charge in [-0.25, -0.2) is 0 Å². The maximum absolute atomic E-state index is 5.46. The molecule has 2 rings (SSSR count). The summed E-state index contributed by atoms with van der Waals surface area (Å²) in [6, 6.07) is 4.62. The summed E-state index contributed by atoms with van der Waals surface area (Å²) in [5.74, 6) is 1.14. The summed E-state index contributed by atoms with van der Waals surface area (Å²) < 4.78 is 5.46. The fraction of sp³-hybridized carbons (Fsp3) is 0.636. The van der Waals surface area contributed by atoms with E-state index in [4.69, 9.17) is 4.42 Å². The van der Waals surface area contributed by atoms with E-state index in [-0.39, 0.29) is 0 Å². The molecule has 0 amide bonds. The van der Waals surface area contributed by atoms with E-state index < -0.39 is 0 Å². The van der Waals surface area contributed by atoms with Gasteiger partial charge >= 0.3 is 0 Å². The largest absolute Gasteiger partial charge is 0.468 e. The van der Waals surface area contributed by atoms with Crippen molar-refractivity contribution < 1.29 is 4.42 Å². The first-order chi connectivity index (χ1) is 6.42. The molecular weight excluding hydrogens is 162 g/mol. The number of hydrogen-bond donors (Lipinski definition) is 0. The molecule has 1 aliphatic heterocycles. The summed E-state index contributed by atoms with van der Waals surface area (Å²) in [7, 11) is 0. The van der Waals surface area contributed by atoms with E-state index in [1.165, 1.54) is 25.8 Å². The molecule has 0 radical (unpaired) electrons. The lowest BCUT2D eigenvalue weighted by atomic mass is 10.0. The highest BCUT2D eigenvalue weighted by Gasteiger charge is 2.24. The molecule has 0 unspecified atom stereocenters. The molecule has 0 bridgehead atoms. The Kier molecular flexibility index (Phi) is 2.69. The normalized spacial score (nSPS) is 24.8. The molecule has 2 heterocycles. The first kappa shape index (κ1) is 8.82. The minimum atomic E-state index is 0.536. The van der Waals surface area contributed by atoms with Crippen molar-refractivity contribution in [2.45, 2.75) is 32.2 Å². The fourth-order valence-corrected chi connectivity index (χ4v) is 2.17. The van der Waals surface area contributed by atoms with Crippen LogP contribution in [0.3, 0.4) is 0 Å². The number of piperidine rings is 1. The number of furan rings is 1. The Morgan fingerprint density at radius 2 is 2.46 bits per heavy atom. The Bertz CT molecular complexity index is 243. The predicted octanol–water partition coefficient (Wildman–Crippen LogP) is 2.83. The van der Waals surface area contributed by atoms with E-state index in [0.717, 1.165) is 12.3 Å². The van der Waals surface area contributed by atoms with Gasteiger partial charge in [0.15, 0.2) is 0 Å². The van der Waals surface area contributed by atoms with Crippen LogP contribution in [0.25, 0.3) is 0 Å². The van der Waals surface area contributed by atoms with Crippen molar-refractivity contribution in [3.8, 4) is 0 Å². The van der Waals surface area contributed by atoms with Crippen molar-refractivity contribution in [2.24, 2.45) is 0 Å². The third-order valence-corrected chi connectivity index (χ3v) is 2.89. The molecule has 1 atom stereocenters. The molecule has 0 N–H and O–H groups in total. The van der Waals surface area contributed by atoms with Crippen molar-refractivity contribution in [3.63, 3.8) is 0 Å². The molecule has 0 saturated carbocycles. The number of likely N-dealkylation sites (tertiary alicyclic amines) is 1. The van der Waals surface area contributed by atoms with Crippen LogP contribution in [0.1, 0.15) is 38.0 Å². The number of nitrogens with zero attached hydrogens (tertiary/aromatic N) is 1. The van der Waals surface area contributed by atoms with Gasteiger partial charge in [0.2, 0.25) is 0 Å². The second kappa shape index (κ2) is 3.97. The van der Waals surface area contributed by atoms with E-state index in [1.807, 2.05) is 6.07 Å². The van der Waals surface area contributed by atoms with Crippen LogP contribution in [0, 0.1) is 0 Å². The van der Waals surface area contributed by atoms with Gasteiger partial charge < -0.3 is 4.42 Å². The van der Waals surface area contributed by atoms with Crippen molar-refractivity contribution in [1.82, 2.24) is 4.90 Å². The molecule has 2 nitrogen and oxygen atoms in total. The van der Waals surface area contributed by atoms with Gasteiger partial charge in [0.25, 0.3) is 0 Å². The molecule has 1 saturated heterocycles. The minimum absolute atomic E-state index is 0.536. The van der Waals surface area contributed by atoms with Gasteiger partial charge in [-0.15, -0.1) is 0 Å². The molecule has 72 valence electrons. The highest BCUT2D eigenvalue weighted by atomic mass is 16.3. The summed E-state index contributed by atoms with van der Waals surface area (Å²) in [6.45, 7) is 4.58. The Morgan fingerprint density at radius 1 is 1.54 bits per heavy atom. The van der Waals surface area contributed by atoms with Gasteiger partial charge in [-0.05, 0) is 38.1 Å². The summed E-state index contributed by atoms with van der Waals surface area (Å²) in [5, 5.41) is 0. The zero-order chi connectivity index (χ0) is 9.10. The molecular formula is C11H17NO. The second-order valence-corrected chi connectivity index (χ2v) is 3.66. The highest BCUT2D eigenvalue weighted by molar-refractivity contribution is 5.05. The monoisotopic (exact) mass is 179 g/mol. The lowest BCUT2D eigenvalue weighted by Gasteiger charge is -2.33. The summed E-state index contributed by atoms with van der Waals surface area (Å²) in [5.41, 5.74) is 0. The van der Waals surface area contributed by atoms with Crippen molar-refractivity contribution >= 4 is 0 Å². The molecule has 13 heavy (non-hydrogen) atoms. The molecule has 1 fully saturated rings. The van der Waals surface area contributed by atoms with Gasteiger partial charge in [0.1, 0.15) is 5.76 Å². The SMILES string of the molecule is CCN1CCCC[C@@H]1c1ccco1. The van der Waals surface area contributed by atoms with Crippen LogP contribution >= 0.6 is 0 Å². The lowest BCUT2D eigenvalue weighted by molar-refractivity contribution is 0.137. The molecule has 1 aromatic heterocycles. The van der Waals surface area contributed by atoms with Gasteiger partial charge in [0, 0.05) is 0 Å². The average molecular weight is 179 g/mol. The third kappa shape index (κ3) is 1.78. The second-order valence-electron chi connectivity index (χ2n) is 3.66. The molecule has 1 aromatic rings. The zero-order valence-electron chi connectivity index (χ0n) is 8.20. The van der Waals surface area contributed by atoms with E-state index >= 15 is 0 Å². The maximum Gasteiger partial charge on any atom is 0.120 e. The topological polar surface area (TPSA) is 16.4 Å². The van der Waals surface area contributed by atoms with Crippen LogP contribution in [0.15, 0.2) is 22.8 Å². The Labute approximate surface area is 79.5 Å². The summed E-state index contributed by atoms with van der Waals surface area (Å²) >= 11 is 0. The maximum atomic E-state index is 5.46. The fourth-order valence-electron chi connectivity index (χ4n) is 2.17. The Morgan fingerprint density at radius 3 is 3.15 bits per heavy atom. The third-order valence-electron chi connectivity index (χ3n) is 2.89. The summed E-state index contributed by atoms with van der Waals surface area (Å²) in [4.78, 5) is 2.50. The molecule has 0 spiro atoms. The molecule has 0 aliphatic carbocycles. The summed E-state index contributed by atoms with van der Waals surface area (Å²) in [6.07, 6.45) is 5.70. The highest BCUT2D eigenvalue weighted by Crippen LogP contribution is 2.30. The van der Waals surface area contributed by atoms with E-state index in [1.54, 1.807) is 6.26 Å². The van der Waals surface area contributed by atoms with Crippen LogP contribution in [-0.2, 0) is 0 Å². The number of hydrogen-bond acceptors (Lipinski definition) is 2. The van der Waals surface area contributed by atoms with Gasteiger partial charge in [0.05, 0.1) is 12.3 Å². The van der Waals surface area contributed by atoms with Gasteiger partial charge in [-0.2, -0.15) is 0 Å². The van der Waals surface area contributed by atoms with E-state index in [9.17, 15) is 0 Å². The van der Waals surface area contributed by atoms with Crippen LogP contribution in [0.2, 0.25) is 0 Å². The average Bonchev–Trinajstić information content (AvgIpc) is 2.70. The van der Waals surface area contributed by atoms with E-state index in [2.05, 4.69) is 17.9 Å². The lowest BCUT2D eigenvalue weighted by Crippen LogP contribution is -2.32. The first-order valence-electron chi connectivity index (χ1n) is 5.19. The predicted molar refractivity (Wildman–Crippen MR) is 52.5 cm³/mol. The van der Waals surface area contributed by atoms with Crippen molar-refractivity contribution in [2.75, 3.05) is 13.1 Å². The minimum Gasteiger partial charge on any atom is -0.468 e. The van der Waals surface area contributed by atoms with Gasteiger partial charge in [-0.3, -0.25) is 4.90 Å². The quantitative estimate of drug-likeness (QED) is 0.694. The standard InChI is InChI=1S/C11H17NO/c1-2-12-8-4-3-6-10(12)11-7-5-9-13-11/h5,7,9-10H,2-4,6,8H2,1H3/t10-/m1/s1. The molecule has 2 heteroatoms. The van der Waals surface area contributed by atoms with Crippen LogP contribution < -0.4 is 0 Å². The first-order valence-corrected chi connectivity index (χ1v) is 5.19. The zero-order valence-corrected chi connectivity index (χ0v) is 8.20. The van der Waals surface area contributed by atoms with Crippen LogP contribution in [0.4, 0.5) is 0 Å². The Balaban J connectivity index is 2.11. The van der Waals surface area contributed by atoms with Crippen molar-refractivity contribution in [3.05, 3.63) is 24.2 Å². The van der Waals surface area contributed by atoms with Crippen LogP contribution in [0.5, 0.6) is 0 Å². The van der Waals surface area contributed by atoms with Gasteiger partial charge in [-0.1, -0.05) is 13.3 Å². The van der Waals surface area contributed by atoms with Crippen LogP contribution in [-0.4, -0.2) is 18.0 Å². The smallest absolute Gasteiger partial charge is 0.120 e.